The molecule has 0 aliphatic rings. The maximum atomic E-state index is 11.3. The van der Waals surface area contributed by atoms with E-state index in [0.29, 0.717) is 11.2 Å². The molecule has 1 aromatic carbocycles. The van der Waals surface area contributed by atoms with Crippen molar-refractivity contribution >= 4 is 22.6 Å². The van der Waals surface area contributed by atoms with Gasteiger partial charge in [0, 0.05) is 11.4 Å². The van der Waals surface area contributed by atoms with E-state index in [2.05, 4.69) is 22.4 Å². The standard InChI is InChI=1S/C14H17N3O2/c1-3-6-9(2)15-12-10-7-4-5-8-11(10)16-17-13(12)14(18)19/h4-5,7-9H,3,6H2,1-2H3,(H,15,16)(H,18,19). The third-order valence-corrected chi connectivity index (χ3v) is 2.98. The van der Waals surface area contributed by atoms with Crippen molar-refractivity contribution in [2.75, 3.05) is 5.32 Å². The lowest BCUT2D eigenvalue weighted by atomic mass is 10.1. The normalized spacial score (nSPS) is 12.3. The highest BCUT2D eigenvalue weighted by Crippen LogP contribution is 2.25. The number of aromatic nitrogens is 2. The van der Waals surface area contributed by atoms with Crippen LogP contribution < -0.4 is 5.32 Å². The third kappa shape index (κ3) is 2.81. The fourth-order valence-corrected chi connectivity index (χ4v) is 2.10. The molecule has 2 rings (SSSR count). The summed E-state index contributed by atoms with van der Waals surface area (Å²) >= 11 is 0. The molecule has 0 fully saturated rings. The lowest BCUT2D eigenvalue weighted by Gasteiger charge is -2.17. The van der Waals surface area contributed by atoms with Crippen molar-refractivity contribution < 1.29 is 9.90 Å². The second kappa shape index (κ2) is 5.65. The van der Waals surface area contributed by atoms with Gasteiger partial charge in [0.25, 0.3) is 0 Å². The highest BCUT2D eigenvalue weighted by atomic mass is 16.4. The van der Waals surface area contributed by atoms with E-state index in [1.807, 2.05) is 31.2 Å². The molecule has 5 nitrogen and oxygen atoms in total. The van der Waals surface area contributed by atoms with Gasteiger partial charge in [-0.15, -0.1) is 10.2 Å². The first-order valence-electron chi connectivity index (χ1n) is 6.38. The molecule has 0 saturated heterocycles. The molecular weight excluding hydrogens is 242 g/mol. The first-order valence-corrected chi connectivity index (χ1v) is 6.38. The van der Waals surface area contributed by atoms with Crippen LogP contribution in [0.3, 0.4) is 0 Å². The fourth-order valence-electron chi connectivity index (χ4n) is 2.10. The van der Waals surface area contributed by atoms with E-state index in [9.17, 15) is 9.90 Å². The van der Waals surface area contributed by atoms with Crippen LogP contribution in [0, 0.1) is 0 Å². The summed E-state index contributed by atoms with van der Waals surface area (Å²) in [5.41, 5.74) is 1.22. The molecule has 1 heterocycles. The molecule has 1 aromatic heterocycles. The summed E-state index contributed by atoms with van der Waals surface area (Å²) < 4.78 is 0. The zero-order valence-electron chi connectivity index (χ0n) is 11.1. The first-order chi connectivity index (χ1) is 9.13. The molecule has 100 valence electrons. The van der Waals surface area contributed by atoms with E-state index in [-0.39, 0.29) is 11.7 Å². The number of rotatable bonds is 5. The Morgan fingerprint density at radius 3 is 2.79 bits per heavy atom. The molecular formula is C14H17N3O2. The number of nitrogens with zero attached hydrogens (tertiary/aromatic N) is 2. The molecule has 0 saturated carbocycles. The highest BCUT2D eigenvalue weighted by Gasteiger charge is 2.17. The smallest absolute Gasteiger partial charge is 0.358 e. The van der Waals surface area contributed by atoms with Crippen molar-refractivity contribution in [3.63, 3.8) is 0 Å². The number of anilines is 1. The monoisotopic (exact) mass is 259 g/mol. The Hall–Kier alpha value is -2.17. The molecule has 1 unspecified atom stereocenters. The second-order valence-corrected chi connectivity index (χ2v) is 4.58. The summed E-state index contributed by atoms with van der Waals surface area (Å²) in [5, 5.41) is 21.0. The van der Waals surface area contributed by atoms with Crippen LogP contribution in [0.15, 0.2) is 24.3 Å². The summed E-state index contributed by atoms with van der Waals surface area (Å²) in [5.74, 6) is -1.07. The van der Waals surface area contributed by atoms with Crippen LogP contribution in [0.4, 0.5) is 5.69 Å². The lowest BCUT2D eigenvalue weighted by Crippen LogP contribution is -2.18. The van der Waals surface area contributed by atoms with Crippen molar-refractivity contribution in [2.24, 2.45) is 0 Å². The van der Waals surface area contributed by atoms with Crippen LogP contribution in [-0.4, -0.2) is 27.3 Å². The molecule has 1 atom stereocenters. The molecule has 5 heteroatoms. The van der Waals surface area contributed by atoms with Crippen molar-refractivity contribution in [1.29, 1.82) is 0 Å². The summed E-state index contributed by atoms with van der Waals surface area (Å²) in [6, 6.07) is 7.60. The maximum absolute atomic E-state index is 11.3. The Kier molecular flexibility index (Phi) is 3.94. The number of carboxylic acids is 1. The average molecular weight is 259 g/mol. The quantitative estimate of drug-likeness (QED) is 0.863. The Balaban J connectivity index is 2.52. The summed E-state index contributed by atoms with van der Waals surface area (Å²) in [6.45, 7) is 4.13. The minimum absolute atomic E-state index is 0.0262. The lowest BCUT2D eigenvalue weighted by molar-refractivity contribution is 0.0690. The molecule has 19 heavy (non-hydrogen) atoms. The number of aromatic carboxylic acids is 1. The first kappa shape index (κ1) is 13.3. The Labute approximate surface area is 111 Å². The number of carbonyl (C=O) groups is 1. The summed E-state index contributed by atoms with van der Waals surface area (Å²) in [6.07, 6.45) is 2.00. The van der Waals surface area contributed by atoms with Gasteiger partial charge in [-0.3, -0.25) is 0 Å². The van der Waals surface area contributed by atoms with E-state index >= 15 is 0 Å². The molecule has 0 amide bonds. The zero-order valence-corrected chi connectivity index (χ0v) is 11.1. The largest absolute Gasteiger partial charge is 0.476 e. The van der Waals surface area contributed by atoms with Crippen LogP contribution in [0.25, 0.3) is 10.9 Å². The van der Waals surface area contributed by atoms with Crippen LogP contribution in [0.1, 0.15) is 37.2 Å². The van der Waals surface area contributed by atoms with E-state index in [1.165, 1.54) is 0 Å². The molecule has 2 aromatic rings. The van der Waals surface area contributed by atoms with E-state index < -0.39 is 5.97 Å². The molecule has 0 aliphatic heterocycles. The average Bonchev–Trinajstić information content (AvgIpc) is 2.39. The predicted octanol–water partition coefficient (Wildman–Crippen LogP) is 2.93. The molecule has 2 N–H and O–H groups in total. The predicted molar refractivity (Wildman–Crippen MR) is 74.5 cm³/mol. The van der Waals surface area contributed by atoms with Gasteiger partial charge >= 0.3 is 5.97 Å². The summed E-state index contributed by atoms with van der Waals surface area (Å²) in [7, 11) is 0. The van der Waals surface area contributed by atoms with Gasteiger partial charge in [0.15, 0.2) is 5.69 Å². The molecule has 0 spiro atoms. The number of benzene rings is 1. The molecule has 0 radical (unpaired) electrons. The SMILES string of the molecule is CCCC(C)Nc1c(C(=O)O)nnc2ccccc12. The van der Waals surface area contributed by atoms with Gasteiger partial charge < -0.3 is 10.4 Å². The Bertz CT molecular complexity index is 598. The minimum Gasteiger partial charge on any atom is -0.476 e. The highest BCUT2D eigenvalue weighted by molar-refractivity contribution is 6.02. The number of carboxylic acid groups (broad SMARTS) is 1. The second-order valence-electron chi connectivity index (χ2n) is 4.58. The van der Waals surface area contributed by atoms with Crippen molar-refractivity contribution in [3.05, 3.63) is 30.0 Å². The van der Waals surface area contributed by atoms with Crippen molar-refractivity contribution in [3.8, 4) is 0 Å². The van der Waals surface area contributed by atoms with Gasteiger partial charge in [-0.2, -0.15) is 0 Å². The van der Waals surface area contributed by atoms with E-state index in [1.54, 1.807) is 0 Å². The number of fused-ring (bicyclic) bond motifs is 1. The Morgan fingerprint density at radius 1 is 1.37 bits per heavy atom. The van der Waals surface area contributed by atoms with Gasteiger partial charge in [0.1, 0.15) is 0 Å². The molecule has 0 aliphatic carbocycles. The van der Waals surface area contributed by atoms with Crippen LogP contribution in [0.2, 0.25) is 0 Å². The third-order valence-electron chi connectivity index (χ3n) is 2.98. The van der Waals surface area contributed by atoms with Crippen LogP contribution >= 0.6 is 0 Å². The van der Waals surface area contributed by atoms with E-state index in [0.717, 1.165) is 18.2 Å². The van der Waals surface area contributed by atoms with Crippen LogP contribution in [0.5, 0.6) is 0 Å². The fraction of sp³-hybridized carbons (Fsp3) is 0.357. The van der Waals surface area contributed by atoms with Gasteiger partial charge in [0.2, 0.25) is 0 Å². The zero-order chi connectivity index (χ0) is 13.8. The van der Waals surface area contributed by atoms with Crippen LogP contribution in [-0.2, 0) is 0 Å². The minimum atomic E-state index is -1.07. The van der Waals surface area contributed by atoms with Gasteiger partial charge in [-0.1, -0.05) is 31.5 Å². The number of nitrogens with one attached hydrogen (secondary N) is 1. The topological polar surface area (TPSA) is 75.1 Å². The number of hydrogen-bond donors (Lipinski definition) is 2. The van der Waals surface area contributed by atoms with Gasteiger partial charge in [-0.05, 0) is 19.4 Å². The molecule has 0 bridgehead atoms. The maximum Gasteiger partial charge on any atom is 0.358 e. The van der Waals surface area contributed by atoms with Crippen molar-refractivity contribution in [2.45, 2.75) is 32.7 Å². The Morgan fingerprint density at radius 2 is 2.11 bits per heavy atom. The van der Waals surface area contributed by atoms with Gasteiger partial charge in [0.05, 0.1) is 11.2 Å². The number of hydrogen-bond acceptors (Lipinski definition) is 4. The van der Waals surface area contributed by atoms with Crippen molar-refractivity contribution in [1.82, 2.24) is 10.2 Å². The van der Waals surface area contributed by atoms with E-state index in [4.69, 9.17) is 0 Å². The van der Waals surface area contributed by atoms with Gasteiger partial charge in [-0.25, -0.2) is 4.79 Å². The summed E-state index contributed by atoms with van der Waals surface area (Å²) in [4.78, 5) is 11.3.